The van der Waals surface area contributed by atoms with Gasteiger partial charge in [-0.15, -0.1) is 0 Å². The number of rotatable bonds is 2. The van der Waals surface area contributed by atoms with Gasteiger partial charge in [-0.3, -0.25) is 0 Å². The smallest absolute Gasteiger partial charge is 0.265 e. The SMILES string of the molecule is COc1nc(N)cc(C(F)F)c1C#N. The Morgan fingerprint density at radius 2 is 2.29 bits per heavy atom. The number of alkyl halides is 2. The van der Waals surface area contributed by atoms with Crippen LogP contribution in [-0.4, -0.2) is 12.1 Å². The number of nitriles is 1. The summed E-state index contributed by atoms with van der Waals surface area (Å²) in [6.45, 7) is 0. The highest BCUT2D eigenvalue weighted by atomic mass is 19.3. The van der Waals surface area contributed by atoms with Crippen LogP contribution in [0, 0.1) is 11.3 Å². The lowest BCUT2D eigenvalue weighted by Crippen LogP contribution is -2.01. The number of nitrogen functional groups attached to an aromatic ring is 1. The topological polar surface area (TPSA) is 71.9 Å². The molecule has 1 heterocycles. The van der Waals surface area contributed by atoms with Gasteiger partial charge >= 0.3 is 0 Å². The van der Waals surface area contributed by atoms with Crippen molar-refractivity contribution >= 4 is 5.82 Å². The molecule has 14 heavy (non-hydrogen) atoms. The summed E-state index contributed by atoms with van der Waals surface area (Å²) < 4.78 is 29.5. The van der Waals surface area contributed by atoms with Gasteiger partial charge in [-0.2, -0.15) is 10.2 Å². The van der Waals surface area contributed by atoms with E-state index in [0.717, 1.165) is 6.07 Å². The first-order valence-electron chi connectivity index (χ1n) is 3.62. The molecule has 0 spiro atoms. The second-order valence-electron chi connectivity index (χ2n) is 2.43. The van der Waals surface area contributed by atoms with Crippen LogP contribution in [0.25, 0.3) is 0 Å². The highest BCUT2D eigenvalue weighted by Gasteiger charge is 2.19. The Morgan fingerprint density at radius 1 is 1.64 bits per heavy atom. The molecule has 1 aromatic rings. The van der Waals surface area contributed by atoms with E-state index in [2.05, 4.69) is 9.72 Å². The zero-order valence-corrected chi connectivity index (χ0v) is 7.29. The Balaban J connectivity index is 3.41. The first kappa shape index (κ1) is 10.2. The van der Waals surface area contributed by atoms with Crippen molar-refractivity contribution in [1.29, 1.82) is 5.26 Å². The molecule has 0 radical (unpaired) electrons. The Labute approximate surface area is 78.9 Å². The summed E-state index contributed by atoms with van der Waals surface area (Å²) in [5.41, 5.74) is 4.52. The van der Waals surface area contributed by atoms with E-state index in [-0.39, 0.29) is 17.3 Å². The quantitative estimate of drug-likeness (QED) is 0.782. The maximum atomic E-state index is 12.4. The summed E-state index contributed by atoms with van der Waals surface area (Å²) in [6.07, 6.45) is -2.77. The number of hydrogen-bond acceptors (Lipinski definition) is 4. The molecule has 2 N–H and O–H groups in total. The molecule has 0 fully saturated rings. The van der Waals surface area contributed by atoms with Crippen LogP contribution < -0.4 is 10.5 Å². The molecular formula is C8H7F2N3O. The van der Waals surface area contributed by atoms with Gasteiger partial charge in [-0.05, 0) is 6.07 Å². The third-order valence-corrected chi connectivity index (χ3v) is 1.58. The second-order valence-corrected chi connectivity index (χ2v) is 2.43. The van der Waals surface area contributed by atoms with E-state index in [9.17, 15) is 8.78 Å². The minimum Gasteiger partial charge on any atom is -0.480 e. The van der Waals surface area contributed by atoms with E-state index in [1.807, 2.05) is 0 Å². The van der Waals surface area contributed by atoms with Crippen LogP contribution in [0.2, 0.25) is 0 Å². The molecule has 0 saturated heterocycles. The summed E-state index contributed by atoms with van der Waals surface area (Å²) in [4.78, 5) is 3.61. The Morgan fingerprint density at radius 3 is 2.71 bits per heavy atom. The van der Waals surface area contributed by atoms with E-state index in [1.54, 1.807) is 6.07 Å². The van der Waals surface area contributed by atoms with Crippen molar-refractivity contribution in [3.63, 3.8) is 0 Å². The molecular weight excluding hydrogens is 192 g/mol. The summed E-state index contributed by atoms with van der Waals surface area (Å²) in [7, 11) is 1.23. The number of pyridine rings is 1. The summed E-state index contributed by atoms with van der Waals surface area (Å²) in [5, 5.41) is 8.63. The fourth-order valence-electron chi connectivity index (χ4n) is 0.993. The molecule has 0 aliphatic carbocycles. The predicted octanol–water partition coefficient (Wildman–Crippen LogP) is 1.48. The molecule has 0 aliphatic rings. The molecule has 1 rings (SSSR count). The van der Waals surface area contributed by atoms with E-state index < -0.39 is 12.0 Å². The van der Waals surface area contributed by atoms with Crippen LogP contribution in [0.15, 0.2) is 6.07 Å². The second kappa shape index (κ2) is 3.87. The van der Waals surface area contributed by atoms with Crippen molar-refractivity contribution in [3.8, 4) is 11.9 Å². The van der Waals surface area contributed by atoms with Crippen molar-refractivity contribution in [3.05, 3.63) is 17.2 Å². The number of ether oxygens (including phenoxy) is 1. The lowest BCUT2D eigenvalue weighted by Gasteiger charge is -2.07. The summed E-state index contributed by atoms with van der Waals surface area (Å²) >= 11 is 0. The molecule has 0 unspecified atom stereocenters. The number of aromatic nitrogens is 1. The largest absolute Gasteiger partial charge is 0.480 e. The van der Waals surface area contributed by atoms with Crippen molar-refractivity contribution in [2.45, 2.75) is 6.43 Å². The molecule has 0 bridgehead atoms. The molecule has 74 valence electrons. The van der Waals surface area contributed by atoms with E-state index in [1.165, 1.54) is 7.11 Å². The van der Waals surface area contributed by atoms with Crippen LogP contribution in [-0.2, 0) is 0 Å². The lowest BCUT2D eigenvalue weighted by molar-refractivity contribution is 0.150. The number of anilines is 1. The van der Waals surface area contributed by atoms with E-state index in [4.69, 9.17) is 11.0 Å². The van der Waals surface area contributed by atoms with Gasteiger partial charge < -0.3 is 10.5 Å². The average molecular weight is 199 g/mol. The number of methoxy groups -OCH3 is 1. The Bertz CT molecular complexity index is 387. The lowest BCUT2D eigenvalue weighted by atomic mass is 10.1. The number of nitrogens with zero attached hydrogens (tertiary/aromatic N) is 2. The minimum atomic E-state index is -2.77. The van der Waals surface area contributed by atoms with Crippen LogP contribution in [0.4, 0.5) is 14.6 Å². The molecule has 6 heteroatoms. The zero-order valence-electron chi connectivity index (χ0n) is 7.29. The first-order valence-corrected chi connectivity index (χ1v) is 3.62. The normalized spacial score (nSPS) is 9.93. The Hall–Kier alpha value is -1.90. The molecule has 0 saturated carbocycles. The van der Waals surface area contributed by atoms with Gasteiger partial charge in [0.2, 0.25) is 5.88 Å². The Kier molecular flexibility index (Phi) is 2.82. The van der Waals surface area contributed by atoms with Gasteiger partial charge in [-0.25, -0.2) is 8.78 Å². The van der Waals surface area contributed by atoms with Crippen molar-refractivity contribution in [2.75, 3.05) is 12.8 Å². The molecule has 4 nitrogen and oxygen atoms in total. The van der Waals surface area contributed by atoms with Crippen molar-refractivity contribution < 1.29 is 13.5 Å². The maximum absolute atomic E-state index is 12.4. The highest BCUT2D eigenvalue weighted by Crippen LogP contribution is 2.29. The van der Waals surface area contributed by atoms with Crippen LogP contribution in [0.5, 0.6) is 5.88 Å². The van der Waals surface area contributed by atoms with Gasteiger partial charge in [0.05, 0.1) is 7.11 Å². The van der Waals surface area contributed by atoms with Crippen LogP contribution >= 0.6 is 0 Å². The summed E-state index contributed by atoms with van der Waals surface area (Å²) in [5.74, 6) is -0.279. The van der Waals surface area contributed by atoms with Gasteiger partial charge in [0, 0.05) is 5.56 Å². The fourth-order valence-corrected chi connectivity index (χ4v) is 0.993. The molecule has 0 aromatic carbocycles. The van der Waals surface area contributed by atoms with Gasteiger partial charge in [-0.1, -0.05) is 0 Å². The third kappa shape index (κ3) is 1.71. The van der Waals surface area contributed by atoms with Gasteiger partial charge in [0.1, 0.15) is 17.5 Å². The molecule has 1 aromatic heterocycles. The number of hydrogen-bond donors (Lipinski definition) is 1. The fraction of sp³-hybridized carbons (Fsp3) is 0.250. The van der Waals surface area contributed by atoms with Crippen LogP contribution in [0.1, 0.15) is 17.6 Å². The zero-order chi connectivity index (χ0) is 10.7. The van der Waals surface area contributed by atoms with Gasteiger partial charge in [0.25, 0.3) is 6.43 Å². The van der Waals surface area contributed by atoms with Gasteiger partial charge in [0.15, 0.2) is 0 Å². The summed E-state index contributed by atoms with van der Waals surface area (Å²) in [6, 6.07) is 2.56. The molecule has 0 amide bonds. The highest BCUT2D eigenvalue weighted by molar-refractivity contribution is 5.51. The maximum Gasteiger partial charge on any atom is 0.265 e. The predicted molar refractivity (Wildman–Crippen MR) is 44.9 cm³/mol. The minimum absolute atomic E-state index is 0.101. The number of nitrogens with two attached hydrogens (primary N) is 1. The van der Waals surface area contributed by atoms with Crippen molar-refractivity contribution in [1.82, 2.24) is 4.98 Å². The van der Waals surface area contributed by atoms with E-state index in [0.29, 0.717) is 0 Å². The molecule has 0 aliphatic heterocycles. The number of halogens is 2. The first-order chi connectivity index (χ1) is 6.60. The monoisotopic (exact) mass is 199 g/mol. The molecule has 0 atom stereocenters. The third-order valence-electron chi connectivity index (χ3n) is 1.58. The van der Waals surface area contributed by atoms with E-state index >= 15 is 0 Å². The van der Waals surface area contributed by atoms with Crippen LogP contribution in [0.3, 0.4) is 0 Å². The average Bonchev–Trinajstić information content (AvgIpc) is 2.16. The van der Waals surface area contributed by atoms with Crippen molar-refractivity contribution in [2.24, 2.45) is 0 Å². The standard InChI is InChI=1S/C8H7F2N3O/c1-14-8-5(3-11)4(7(9)10)2-6(12)13-8/h2,7H,1H3,(H2,12,13).